The van der Waals surface area contributed by atoms with Gasteiger partial charge in [-0.05, 0) is 35.5 Å². The van der Waals surface area contributed by atoms with Gasteiger partial charge in [-0.15, -0.1) is 11.3 Å². The molecular formula is C14H9NO2S2. The first-order chi connectivity index (χ1) is 9.15. The third-order valence-electron chi connectivity index (χ3n) is 2.86. The fraction of sp³-hybridized carbons (Fsp3) is 0. The van der Waals surface area contributed by atoms with Crippen LogP contribution in [0, 0.1) is 3.95 Å². The van der Waals surface area contributed by atoms with Gasteiger partial charge in [-0.25, -0.2) is 0 Å². The molecule has 0 spiro atoms. The Morgan fingerprint density at radius 2 is 2.05 bits per heavy atom. The summed E-state index contributed by atoms with van der Waals surface area (Å²) in [5.41, 5.74) is 2.43. The van der Waals surface area contributed by atoms with Gasteiger partial charge in [0.2, 0.25) is 5.88 Å². The predicted octanol–water partition coefficient (Wildman–Crippen LogP) is 3.65. The lowest BCUT2D eigenvalue weighted by Crippen LogP contribution is -2.04. The molecule has 0 saturated heterocycles. The fourth-order valence-electron chi connectivity index (χ4n) is 1.99. The van der Waals surface area contributed by atoms with E-state index < -0.39 is 0 Å². The Balaban J connectivity index is 2.19. The number of allylic oxidation sites excluding steroid dienone is 2. The van der Waals surface area contributed by atoms with Crippen molar-refractivity contribution in [3.8, 4) is 5.88 Å². The van der Waals surface area contributed by atoms with Gasteiger partial charge in [0, 0.05) is 5.57 Å². The van der Waals surface area contributed by atoms with Gasteiger partial charge in [0.15, 0.2) is 9.74 Å². The van der Waals surface area contributed by atoms with Crippen molar-refractivity contribution >= 4 is 47.1 Å². The van der Waals surface area contributed by atoms with E-state index in [1.807, 2.05) is 24.3 Å². The number of fused-ring (bicyclic) bond motifs is 1. The molecule has 0 aliphatic heterocycles. The number of aromatic hydroxyl groups is 1. The van der Waals surface area contributed by atoms with Gasteiger partial charge < -0.3 is 10.1 Å². The monoisotopic (exact) mass is 287 g/mol. The summed E-state index contributed by atoms with van der Waals surface area (Å²) in [5.74, 6) is -0.0697. The second-order valence-corrected chi connectivity index (χ2v) is 5.79. The lowest BCUT2D eigenvalue weighted by Gasteiger charge is -2.12. The first kappa shape index (κ1) is 12.1. The maximum Gasteiger partial charge on any atom is 0.207 e. The maximum absolute atomic E-state index is 12.0. The van der Waals surface area contributed by atoms with E-state index in [2.05, 4.69) is 4.98 Å². The molecule has 0 bridgehead atoms. The minimum atomic E-state index is -0.0718. The largest absolute Gasteiger partial charge is 0.494 e. The second kappa shape index (κ2) is 4.60. The van der Waals surface area contributed by atoms with Crippen LogP contribution in [-0.2, 0) is 4.79 Å². The van der Waals surface area contributed by atoms with Crippen molar-refractivity contribution in [2.45, 2.75) is 0 Å². The highest BCUT2D eigenvalue weighted by Gasteiger charge is 2.17. The number of carbonyl (C=O) groups is 1. The molecule has 0 atom stereocenters. The third kappa shape index (κ3) is 2.18. The number of benzene rings is 1. The number of H-pyrrole nitrogens is 1. The van der Waals surface area contributed by atoms with Crippen LogP contribution in [0.5, 0.6) is 5.88 Å². The molecule has 0 radical (unpaired) electrons. The SMILES string of the molecule is O=C1C=Cc2ccccc2C1=Cc1sc(=S)[nH]c1O. The third-order valence-corrected chi connectivity index (χ3v) is 4.03. The Kier molecular flexibility index (Phi) is 2.93. The highest BCUT2D eigenvalue weighted by Crippen LogP contribution is 2.31. The Labute approximate surface area is 118 Å². The molecule has 2 aromatic rings. The van der Waals surface area contributed by atoms with E-state index >= 15 is 0 Å². The number of carbonyl (C=O) groups excluding carboxylic acids is 1. The highest BCUT2D eigenvalue weighted by molar-refractivity contribution is 7.73. The van der Waals surface area contributed by atoms with Crippen LogP contribution >= 0.6 is 23.6 Å². The number of aromatic nitrogens is 1. The molecule has 3 rings (SSSR count). The molecule has 0 saturated carbocycles. The van der Waals surface area contributed by atoms with Gasteiger partial charge in [0.1, 0.15) is 0 Å². The normalized spacial score (nSPS) is 15.8. The lowest BCUT2D eigenvalue weighted by atomic mass is 9.91. The summed E-state index contributed by atoms with van der Waals surface area (Å²) in [7, 11) is 0. The molecule has 3 nitrogen and oxygen atoms in total. The summed E-state index contributed by atoms with van der Waals surface area (Å²) in [6.07, 6.45) is 5.02. The van der Waals surface area contributed by atoms with Crippen LogP contribution in [0.1, 0.15) is 16.0 Å². The molecule has 2 N–H and O–H groups in total. The quantitative estimate of drug-likeness (QED) is 0.622. The molecule has 19 heavy (non-hydrogen) atoms. The van der Waals surface area contributed by atoms with E-state index in [1.54, 1.807) is 12.2 Å². The molecule has 1 aromatic carbocycles. The van der Waals surface area contributed by atoms with Crippen LogP contribution in [0.25, 0.3) is 17.7 Å². The smallest absolute Gasteiger partial charge is 0.207 e. The number of ketones is 1. The summed E-state index contributed by atoms with van der Waals surface area (Å²) in [6.45, 7) is 0. The predicted molar refractivity (Wildman–Crippen MR) is 79.5 cm³/mol. The number of nitrogens with one attached hydrogen (secondary N) is 1. The first-order valence-corrected chi connectivity index (χ1v) is 6.83. The van der Waals surface area contributed by atoms with E-state index in [0.29, 0.717) is 14.4 Å². The fourth-order valence-corrected chi connectivity index (χ4v) is 3.02. The molecule has 1 aromatic heterocycles. The van der Waals surface area contributed by atoms with Gasteiger partial charge in [-0.1, -0.05) is 30.3 Å². The van der Waals surface area contributed by atoms with E-state index in [1.165, 1.54) is 17.4 Å². The van der Waals surface area contributed by atoms with E-state index in [9.17, 15) is 9.90 Å². The van der Waals surface area contributed by atoms with Crippen LogP contribution in [0.3, 0.4) is 0 Å². The first-order valence-electron chi connectivity index (χ1n) is 5.61. The Morgan fingerprint density at radius 1 is 1.26 bits per heavy atom. The average molecular weight is 287 g/mol. The van der Waals surface area contributed by atoms with Crippen LogP contribution in [0.4, 0.5) is 0 Å². The lowest BCUT2D eigenvalue weighted by molar-refractivity contribution is -0.109. The molecule has 94 valence electrons. The molecule has 0 amide bonds. The van der Waals surface area contributed by atoms with Gasteiger partial charge in [-0.3, -0.25) is 4.79 Å². The van der Waals surface area contributed by atoms with Crippen molar-refractivity contribution < 1.29 is 9.90 Å². The van der Waals surface area contributed by atoms with Crippen molar-refractivity contribution in [2.24, 2.45) is 0 Å². The van der Waals surface area contributed by atoms with Gasteiger partial charge in [0.05, 0.1) is 4.88 Å². The molecule has 0 fully saturated rings. The van der Waals surface area contributed by atoms with Crippen LogP contribution in [0.15, 0.2) is 30.3 Å². The zero-order chi connectivity index (χ0) is 13.4. The average Bonchev–Trinajstić information content (AvgIpc) is 2.71. The number of aromatic amines is 1. The van der Waals surface area contributed by atoms with Gasteiger partial charge in [-0.2, -0.15) is 0 Å². The summed E-state index contributed by atoms with van der Waals surface area (Å²) in [5, 5.41) is 9.71. The summed E-state index contributed by atoms with van der Waals surface area (Å²) < 4.78 is 0.483. The molecule has 1 heterocycles. The molecule has 5 heteroatoms. The van der Waals surface area contributed by atoms with E-state index in [0.717, 1.165) is 11.1 Å². The molecular weight excluding hydrogens is 278 g/mol. The minimum absolute atomic E-state index is 0.00216. The number of thiazole rings is 1. The second-order valence-electron chi connectivity index (χ2n) is 4.07. The summed E-state index contributed by atoms with van der Waals surface area (Å²) >= 11 is 6.21. The standard InChI is InChI=1S/C14H9NO2S2/c16-11-6-5-8-3-1-2-4-9(8)10(11)7-12-13(17)15-14(18)19-12/h1-7,17H,(H,15,18). The number of hydrogen-bond acceptors (Lipinski definition) is 4. The van der Waals surface area contributed by atoms with Crippen LogP contribution in [-0.4, -0.2) is 15.9 Å². The maximum atomic E-state index is 12.0. The molecule has 1 aliphatic carbocycles. The minimum Gasteiger partial charge on any atom is -0.494 e. The number of rotatable bonds is 1. The van der Waals surface area contributed by atoms with Crippen molar-refractivity contribution in [1.82, 2.24) is 4.98 Å². The zero-order valence-electron chi connectivity index (χ0n) is 9.71. The van der Waals surface area contributed by atoms with Crippen molar-refractivity contribution in [2.75, 3.05) is 0 Å². The Bertz CT molecular complexity index is 781. The topological polar surface area (TPSA) is 53.1 Å². The van der Waals surface area contributed by atoms with Gasteiger partial charge in [0.25, 0.3) is 0 Å². The van der Waals surface area contributed by atoms with Crippen molar-refractivity contribution in [3.63, 3.8) is 0 Å². The van der Waals surface area contributed by atoms with E-state index in [4.69, 9.17) is 12.2 Å². The number of hydrogen-bond donors (Lipinski definition) is 2. The molecule has 1 aliphatic rings. The van der Waals surface area contributed by atoms with Gasteiger partial charge >= 0.3 is 0 Å². The van der Waals surface area contributed by atoms with Crippen LogP contribution in [0.2, 0.25) is 0 Å². The van der Waals surface area contributed by atoms with Crippen molar-refractivity contribution in [3.05, 3.63) is 50.3 Å². The van der Waals surface area contributed by atoms with Crippen LogP contribution < -0.4 is 0 Å². The van der Waals surface area contributed by atoms with Crippen molar-refractivity contribution in [1.29, 1.82) is 0 Å². The summed E-state index contributed by atoms with van der Waals surface area (Å²) in [6, 6.07) is 7.66. The molecule has 0 unspecified atom stereocenters. The highest BCUT2D eigenvalue weighted by atomic mass is 32.1. The Morgan fingerprint density at radius 3 is 2.79 bits per heavy atom. The summed E-state index contributed by atoms with van der Waals surface area (Å²) in [4.78, 5) is 15.2. The zero-order valence-corrected chi connectivity index (χ0v) is 11.3. The Hall–Kier alpha value is -1.98. The van der Waals surface area contributed by atoms with E-state index in [-0.39, 0.29) is 11.7 Å².